The number of alkyl halides is 3. The molecule has 6 aromatic heterocycles. The number of fused-ring (bicyclic) bond motifs is 3. The summed E-state index contributed by atoms with van der Waals surface area (Å²) >= 11 is 0. The fraction of sp³-hybridized carbons (Fsp3) is 0.408. The summed E-state index contributed by atoms with van der Waals surface area (Å²) < 4.78 is 47.1. The molecule has 470 valence electrons. The van der Waals surface area contributed by atoms with E-state index >= 15 is 0 Å². The average molecular weight is 1250 g/mol. The molecule has 0 spiro atoms. The number of nitriles is 1. The number of para-hydroxylation sites is 1. The molecule has 0 saturated carbocycles. The molecule has 3 aromatic carbocycles. The van der Waals surface area contributed by atoms with Crippen LogP contribution >= 0.6 is 0 Å². The van der Waals surface area contributed by atoms with Gasteiger partial charge >= 0.3 is 12.9 Å². The highest BCUT2D eigenvalue weighted by Gasteiger charge is 2.39. The van der Waals surface area contributed by atoms with Crippen molar-refractivity contribution in [2.75, 3.05) is 115 Å². The number of hydrogen-bond acceptors (Lipinski definition) is 17. The Morgan fingerprint density at radius 2 is 0.978 bits per heavy atom. The van der Waals surface area contributed by atoms with Crippen LogP contribution in [0.4, 0.5) is 48.1 Å². The molecule has 0 radical (unpaired) electrons. The maximum atomic E-state index is 13.7. The third-order valence-corrected chi connectivity index (χ3v) is 19.7. The van der Waals surface area contributed by atoms with Gasteiger partial charge in [-0.1, -0.05) is 23.0 Å². The van der Waals surface area contributed by atoms with Crippen molar-refractivity contribution in [2.45, 2.75) is 82.8 Å². The Bertz CT molecular complexity index is 4460. The highest BCUT2D eigenvalue weighted by molar-refractivity contribution is 5.88. The highest BCUT2D eigenvalue weighted by Crippen LogP contribution is 2.42. The molecule has 6 fully saturated rings. The van der Waals surface area contributed by atoms with Crippen molar-refractivity contribution in [3.05, 3.63) is 165 Å². The van der Waals surface area contributed by atoms with Gasteiger partial charge in [-0.05, 0) is 123 Å². The number of pyridine rings is 3. The van der Waals surface area contributed by atoms with Gasteiger partial charge in [0.2, 0.25) is 0 Å². The van der Waals surface area contributed by atoms with Crippen LogP contribution < -0.4 is 34.1 Å². The molecule has 0 amide bonds. The van der Waals surface area contributed by atoms with E-state index in [9.17, 15) is 18.4 Å². The van der Waals surface area contributed by atoms with E-state index in [0.717, 1.165) is 195 Å². The first-order valence-electron chi connectivity index (χ1n) is 32.5. The van der Waals surface area contributed by atoms with Crippen LogP contribution in [0.25, 0.3) is 42.4 Å². The van der Waals surface area contributed by atoms with Crippen molar-refractivity contribution < 1.29 is 17.9 Å². The normalized spacial score (nSPS) is 18.0. The predicted molar refractivity (Wildman–Crippen MR) is 355 cm³/mol. The zero-order valence-corrected chi connectivity index (χ0v) is 52.2. The maximum absolute atomic E-state index is 13.7. The van der Waals surface area contributed by atoms with Crippen LogP contribution in [-0.4, -0.2) is 130 Å². The lowest BCUT2D eigenvalue weighted by Crippen LogP contribution is -2.47. The summed E-state index contributed by atoms with van der Waals surface area (Å²) in [5.74, 6) is 7.22. The highest BCUT2D eigenvalue weighted by atomic mass is 19.4. The Balaban J connectivity index is 0.519. The molecule has 6 aliphatic rings. The Kier molecular flexibility index (Phi) is 16.1. The van der Waals surface area contributed by atoms with Gasteiger partial charge in [0.25, 0.3) is 18.7 Å². The molecule has 0 atom stereocenters. The second kappa shape index (κ2) is 25.2. The molecule has 0 bridgehead atoms. The lowest BCUT2D eigenvalue weighted by molar-refractivity contribution is -0.136. The minimum absolute atomic E-state index is 0.102. The summed E-state index contributed by atoms with van der Waals surface area (Å²) in [5.41, 5.74) is 7.92. The minimum atomic E-state index is -4.44. The molecule has 6 saturated heterocycles. The molecule has 6 aliphatic heterocycles. The number of ether oxygens (including phenoxy) is 1. The van der Waals surface area contributed by atoms with Crippen molar-refractivity contribution in [3.63, 3.8) is 0 Å². The van der Waals surface area contributed by atoms with E-state index in [1.54, 1.807) is 43.1 Å². The Labute approximate surface area is 537 Å². The standard InChI is InChI=1S/C71H71F3N18O/c1-45-31-62(91-40-52(41-91)66-68(81-22-20-79-66)87-25-13-47(34-75)14-26-87)85-60-33-54(9-10-55(45)60)93-44-77-36-49-17-29-89(30-18-49)70-67(80-21-24-83-70)53-42-92(43-53)63-32-46(2)56-6-3-5-50(64(56)86-63)37-76-35-48-15-27-88(28-16-48)69-65(78-19-23-82-69)51-38-90(39-51)61-12-11-57-58(71(72,73)74)7-4-8-59(57)84-61/h3-12,19-24,31-33,47-49,51-53H,13-18,25-30,37-44H2,1-2H3/q+2. The van der Waals surface area contributed by atoms with E-state index in [-0.39, 0.29) is 47.6 Å². The summed E-state index contributed by atoms with van der Waals surface area (Å²) in [7, 11) is 0. The first-order chi connectivity index (χ1) is 45.4. The van der Waals surface area contributed by atoms with E-state index in [0.29, 0.717) is 31.0 Å². The number of benzene rings is 3. The number of aromatic nitrogens is 9. The third-order valence-electron chi connectivity index (χ3n) is 19.7. The van der Waals surface area contributed by atoms with Gasteiger partial charge in [-0.2, -0.15) is 18.4 Å². The van der Waals surface area contributed by atoms with Crippen molar-refractivity contribution in [2.24, 2.45) is 17.8 Å². The molecular formula is C71H71F3N18O+2. The number of halogens is 3. The van der Waals surface area contributed by atoms with Crippen LogP contribution in [0.5, 0.6) is 5.75 Å². The summed E-state index contributed by atoms with van der Waals surface area (Å²) in [4.78, 5) is 67.2. The van der Waals surface area contributed by atoms with Crippen LogP contribution in [0.2, 0.25) is 0 Å². The van der Waals surface area contributed by atoms with Gasteiger partial charge in [0.05, 0.1) is 62.7 Å². The molecule has 15 rings (SSSR count). The number of nitrogens with zero attached hydrogens (tertiary/aromatic N) is 18. The number of aryl methyl sites for hydroxylation is 2. The Hall–Kier alpha value is -10.0. The van der Waals surface area contributed by atoms with Crippen molar-refractivity contribution in [3.8, 4) is 24.0 Å². The zero-order chi connectivity index (χ0) is 63.2. The lowest BCUT2D eigenvalue weighted by atomic mass is 9.93. The molecule has 19 nitrogen and oxygen atoms in total. The summed E-state index contributed by atoms with van der Waals surface area (Å²) in [5, 5.41) is 11.7. The van der Waals surface area contributed by atoms with Crippen LogP contribution in [0.1, 0.15) is 95.6 Å². The summed E-state index contributed by atoms with van der Waals surface area (Å²) in [6.07, 6.45) is 11.5. The quantitative estimate of drug-likeness (QED) is 0.113. The van der Waals surface area contributed by atoms with Gasteiger partial charge < -0.3 is 34.1 Å². The van der Waals surface area contributed by atoms with Crippen LogP contribution in [0.3, 0.4) is 0 Å². The number of piperidine rings is 3. The fourth-order valence-corrected chi connectivity index (χ4v) is 14.3. The minimum Gasteiger partial charge on any atom is -0.423 e. The maximum Gasteiger partial charge on any atom is 0.417 e. The largest absolute Gasteiger partial charge is 0.423 e. The number of rotatable bonds is 12. The topological polar surface area (TPSA) is 177 Å². The van der Waals surface area contributed by atoms with Crippen molar-refractivity contribution in [1.82, 2.24) is 44.9 Å². The molecule has 9 aromatic rings. The molecule has 22 heteroatoms. The van der Waals surface area contributed by atoms with Crippen LogP contribution in [-0.2, 0) is 12.7 Å². The van der Waals surface area contributed by atoms with Gasteiger partial charge in [0, 0.05) is 162 Å². The first kappa shape index (κ1) is 59.3. The molecule has 0 N–H and O–H groups in total. The zero-order valence-electron chi connectivity index (χ0n) is 52.2. The summed E-state index contributed by atoms with van der Waals surface area (Å²) in [6, 6.07) is 33.5. The van der Waals surface area contributed by atoms with Gasteiger partial charge in [-0.25, -0.2) is 29.9 Å². The summed E-state index contributed by atoms with van der Waals surface area (Å²) in [6.45, 7) is 14.4. The molecule has 0 aliphatic carbocycles. The number of anilines is 6. The molecule has 0 unspecified atom stereocenters. The van der Waals surface area contributed by atoms with E-state index in [1.807, 2.05) is 18.3 Å². The lowest BCUT2D eigenvalue weighted by Gasteiger charge is -2.41. The van der Waals surface area contributed by atoms with Gasteiger partial charge in [0.15, 0.2) is 17.5 Å². The van der Waals surface area contributed by atoms with Crippen LogP contribution in [0.15, 0.2) is 116 Å². The second-order valence-corrected chi connectivity index (χ2v) is 25.6. The van der Waals surface area contributed by atoms with E-state index < -0.39 is 11.7 Å². The Morgan fingerprint density at radius 1 is 0.495 bits per heavy atom. The van der Waals surface area contributed by atoms with E-state index in [2.05, 4.69) is 108 Å². The smallest absolute Gasteiger partial charge is 0.417 e. The van der Waals surface area contributed by atoms with Crippen LogP contribution in [0, 0.1) is 55.1 Å². The second-order valence-electron chi connectivity index (χ2n) is 25.6. The number of hydrogen-bond donors (Lipinski definition) is 0. The van der Waals surface area contributed by atoms with Gasteiger partial charge in [-0.15, -0.1) is 0 Å². The van der Waals surface area contributed by atoms with Gasteiger partial charge in [-0.3, -0.25) is 15.0 Å². The first-order valence-corrected chi connectivity index (χ1v) is 32.5. The molecular weight excluding hydrogens is 1180 g/mol. The third kappa shape index (κ3) is 12.1. The fourth-order valence-electron chi connectivity index (χ4n) is 14.3. The SMILES string of the molecule is Cc1cc(N2CC(c3nccnc3N3CCC(C#N)CC3)C2)nc2cc(OC[N+]#CC3CCN(c4nccnc4C4CN(c5cc(C)c6cccc(C[N+]#CC7CCN(c8nccnc8C8CN(c9ccc%10c(C(F)(F)F)cccc%10n9)C8)CC7)c6n5)C4)CC3)ccc12. The predicted octanol–water partition coefficient (Wildman–Crippen LogP) is 12.2. The molecule has 12 heterocycles. The molecule has 93 heavy (non-hydrogen) atoms. The van der Waals surface area contributed by atoms with Crippen molar-refractivity contribution >= 4 is 67.6 Å². The van der Waals surface area contributed by atoms with Crippen molar-refractivity contribution in [1.29, 1.82) is 5.26 Å². The van der Waals surface area contributed by atoms with E-state index in [1.165, 1.54) is 17.7 Å². The average Bonchev–Trinajstić information content (AvgIpc) is 0.795. The Morgan fingerprint density at radius 3 is 1.54 bits per heavy atom. The van der Waals surface area contributed by atoms with Gasteiger partial charge in [0.1, 0.15) is 23.2 Å². The van der Waals surface area contributed by atoms with E-state index in [4.69, 9.17) is 49.5 Å². The monoisotopic (exact) mass is 1250 g/mol.